The minimum Gasteiger partial charge on any atom is -0.385 e. The summed E-state index contributed by atoms with van der Waals surface area (Å²) >= 11 is 0. The lowest BCUT2D eigenvalue weighted by Gasteiger charge is -2.28. The molecule has 28 heavy (non-hydrogen) atoms. The van der Waals surface area contributed by atoms with Crippen LogP contribution < -0.4 is 9.21 Å². The number of nitrogens with zero attached hydrogens (tertiary/aromatic N) is 1. The van der Waals surface area contributed by atoms with E-state index in [1.54, 1.807) is 36.4 Å². The van der Waals surface area contributed by atoms with Crippen molar-refractivity contribution < 1.29 is 18.4 Å². The van der Waals surface area contributed by atoms with Crippen LogP contribution in [0.2, 0.25) is 0 Å². The highest BCUT2D eigenvalue weighted by atomic mass is 32.2. The number of quaternary nitrogens is 1. The molecule has 0 spiro atoms. The number of sulfonamides is 1. The number of aryl methyl sites for hydroxylation is 1. The summed E-state index contributed by atoms with van der Waals surface area (Å²) in [4.78, 5) is 1.54. The number of anilines is 1. The third-order valence-corrected chi connectivity index (χ3v) is 6.57. The van der Waals surface area contributed by atoms with Crippen LogP contribution in [0, 0.1) is 6.92 Å². The second-order valence-corrected chi connectivity index (χ2v) is 9.16. The van der Waals surface area contributed by atoms with Crippen molar-refractivity contribution >= 4 is 15.7 Å². The minimum absolute atomic E-state index is 0.0388. The van der Waals surface area contributed by atoms with Crippen LogP contribution >= 0.6 is 0 Å². The summed E-state index contributed by atoms with van der Waals surface area (Å²) in [7, 11) is -3.76. The third-order valence-electron chi connectivity index (χ3n) is 4.76. The van der Waals surface area contributed by atoms with Crippen LogP contribution in [-0.2, 0) is 10.0 Å². The number of benzene rings is 2. The maximum atomic E-state index is 13.3. The van der Waals surface area contributed by atoms with Gasteiger partial charge in [0.1, 0.15) is 12.6 Å². The summed E-state index contributed by atoms with van der Waals surface area (Å²) in [6, 6.07) is 15.8. The zero-order chi connectivity index (χ0) is 20.6. The fourth-order valence-electron chi connectivity index (χ4n) is 3.40. The van der Waals surface area contributed by atoms with E-state index in [0.29, 0.717) is 12.2 Å². The highest BCUT2D eigenvalue weighted by Crippen LogP contribution is 2.24. The molecule has 0 aliphatic carbocycles. The predicted molar refractivity (Wildman–Crippen MR) is 114 cm³/mol. The van der Waals surface area contributed by atoms with Crippen LogP contribution in [0.1, 0.15) is 32.3 Å². The number of hydrogen-bond donors (Lipinski definition) is 2. The van der Waals surface area contributed by atoms with E-state index in [4.69, 9.17) is 0 Å². The molecule has 5 nitrogen and oxygen atoms in total. The number of hydrogen-bond acceptors (Lipinski definition) is 3. The maximum absolute atomic E-state index is 13.3. The summed E-state index contributed by atoms with van der Waals surface area (Å²) < 4.78 is 28.0. The summed E-state index contributed by atoms with van der Waals surface area (Å²) in [5.74, 6) is 0. The number of aliphatic hydroxyl groups excluding tert-OH is 1. The molecule has 0 saturated heterocycles. The van der Waals surface area contributed by atoms with Crippen LogP contribution in [0.5, 0.6) is 0 Å². The van der Waals surface area contributed by atoms with Gasteiger partial charge in [0, 0.05) is 0 Å². The zero-order valence-corrected chi connectivity index (χ0v) is 18.0. The molecule has 0 bridgehead atoms. The molecular formula is C22H33N2O3S+. The normalized spacial score (nSPS) is 12.9. The maximum Gasteiger partial charge on any atom is 0.264 e. The Labute approximate surface area is 169 Å². The fourth-order valence-corrected chi connectivity index (χ4v) is 4.90. The molecule has 2 rings (SSSR count). The van der Waals surface area contributed by atoms with Gasteiger partial charge in [-0.3, -0.25) is 4.31 Å². The highest BCUT2D eigenvalue weighted by molar-refractivity contribution is 7.92. The molecule has 0 aliphatic heterocycles. The van der Waals surface area contributed by atoms with Gasteiger partial charge in [0.05, 0.1) is 30.2 Å². The Balaban J connectivity index is 2.29. The standard InChI is InChI=1S/C22H32N2O3S/c1-4-15-23(16-5-2)17-21(25)18-24(20-9-7-6-8-10-20)28(26,27)22-13-11-19(3)12-14-22/h6-14,21,25H,4-5,15-18H2,1-3H3/p+1/t21-/m1/s1. The fraction of sp³-hybridized carbons (Fsp3) is 0.455. The SMILES string of the molecule is CCC[NH+](CCC)C[C@@H](O)CN(c1ccccc1)S(=O)(=O)c1ccc(C)cc1. The molecule has 0 heterocycles. The Kier molecular flexibility index (Phi) is 8.48. The molecule has 0 aromatic heterocycles. The first-order chi connectivity index (χ1) is 13.4. The molecule has 6 heteroatoms. The van der Waals surface area contributed by atoms with Gasteiger partial charge in [-0.2, -0.15) is 0 Å². The van der Waals surface area contributed by atoms with E-state index >= 15 is 0 Å². The van der Waals surface area contributed by atoms with E-state index in [1.165, 1.54) is 9.21 Å². The molecule has 2 aromatic rings. The molecule has 1 atom stereocenters. The van der Waals surface area contributed by atoms with Gasteiger partial charge in [-0.25, -0.2) is 8.42 Å². The summed E-state index contributed by atoms with van der Waals surface area (Å²) in [6.07, 6.45) is 1.33. The van der Waals surface area contributed by atoms with E-state index < -0.39 is 16.1 Å². The minimum atomic E-state index is -3.76. The van der Waals surface area contributed by atoms with Crippen LogP contribution in [0.4, 0.5) is 5.69 Å². The summed E-state index contributed by atoms with van der Waals surface area (Å²) in [5, 5.41) is 10.7. The molecule has 0 fully saturated rings. The Morgan fingerprint density at radius 1 is 0.964 bits per heavy atom. The van der Waals surface area contributed by atoms with Gasteiger partial charge in [-0.15, -0.1) is 0 Å². The van der Waals surface area contributed by atoms with E-state index in [-0.39, 0.29) is 11.4 Å². The van der Waals surface area contributed by atoms with Crippen molar-refractivity contribution in [2.45, 2.75) is 44.6 Å². The van der Waals surface area contributed by atoms with E-state index in [9.17, 15) is 13.5 Å². The summed E-state index contributed by atoms with van der Waals surface area (Å²) in [5.41, 5.74) is 1.57. The molecule has 0 aliphatic rings. The van der Waals surface area contributed by atoms with Crippen molar-refractivity contribution in [3.63, 3.8) is 0 Å². The van der Waals surface area contributed by atoms with Crippen molar-refractivity contribution in [2.24, 2.45) is 0 Å². The van der Waals surface area contributed by atoms with Gasteiger partial charge >= 0.3 is 0 Å². The largest absolute Gasteiger partial charge is 0.385 e. The van der Waals surface area contributed by atoms with Crippen molar-refractivity contribution in [3.05, 3.63) is 60.2 Å². The number of rotatable bonds is 11. The molecule has 2 N–H and O–H groups in total. The first kappa shape index (κ1) is 22.4. The van der Waals surface area contributed by atoms with E-state index in [2.05, 4.69) is 13.8 Å². The van der Waals surface area contributed by atoms with Crippen molar-refractivity contribution in [1.82, 2.24) is 0 Å². The Hall–Kier alpha value is -1.89. The number of aliphatic hydroxyl groups is 1. The lowest BCUT2D eigenvalue weighted by molar-refractivity contribution is -0.903. The van der Waals surface area contributed by atoms with Gasteiger partial charge < -0.3 is 10.0 Å². The third kappa shape index (κ3) is 6.06. The molecule has 2 aromatic carbocycles. The van der Waals surface area contributed by atoms with Crippen molar-refractivity contribution in [3.8, 4) is 0 Å². The average molecular weight is 406 g/mol. The lowest BCUT2D eigenvalue weighted by Crippen LogP contribution is -3.13. The molecule has 0 radical (unpaired) electrons. The van der Waals surface area contributed by atoms with Gasteiger partial charge in [-0.1, -0.05) is 49.7 Å². The Bertz CT molecular complexity index is 801. The van der Waals surface area contributed by atoms with E-state index in [0.717, 1.165) is 31.5 Å². The number of nitrogens with one attached hydrogen (secondary N) is 1. The quantitative estimate of drug-likeness (QED) is 0.603. The van der Waals surface area contributed by atoms with Gasteiger partial charge in [0.15, 0.2) is 0 Å². The lowest BCUT2D eigenvalue weighted by atomic mass is 10.2. The van der Waals surface area contributed by atoms with E-state index in [1.807, 2.05) is 25.1 Å². The van der Waals surface area contributed by atoms with Crippen LogP contribution in [0.3, 0.4) is 0 Å². The summed E-state index contributed by atoms with van der Waals surface area (Å²) in [6.45, 7) is 8.70. The second-order valence-electron chi connectivity index (χ2n) is 7.29. The van der Waals surface area contributed by atoms with Gasteiger partial charge in [0.25, 0.3) is 10.0 Å². The topological polar surface area (TPSA) is 62.1 Å². The number of para-hydroxylation sites is 1. The molecular weight excluding hydrogens is 372 g/mol. The zero-order valence-electron chi connectivity index (χ0n) is 17.1. The van der Waals surface area contributed by atoms with Gasteiger partial charge in [0.2, 0.25) is 0 Å². The highest BCUT2D eigenvalue weighted by Gasteiger charge is 2.28. The second kappa shape index (κ2) is 10.6. The predicted octanol–water partition coefficient (Wildman–Crippen LogP) is 2.26. The first-order valence-electron chi connectivity index (χ1n) is 10.0. The monoisotopic (exact) mass is 405 g/mol. The smallest absolute Gasteiger partial charge is 0.264 e. The average Bonchev–Trinajstić information content (AvgIpc) is 2.67. The van der Waals surface area contributed by atoms with Crippen LogP contribution in [0.25, 0.3) is 0 Å². The Morgan fingerprint density at radius 2 is 1.54 bits per heavy atom. The molecule has 0 unspecified atom stereocenters. The van der Waals surface area contributed by atoms with Crippen molar-refractivity contribution in [1.29, 1.82) is 0 Å². The van der Waals surface area contributed by atoms with Crippen LogP contribution in [-0.4, -0.2) is 45.8 Å². The first-order valence-corrected chi connectivity index (χ1v) is 11.5. The van der Waals surface area contributed by atoms with Crippen molar-refractivity contribution in [2.75, 3.05) is 30.5 Å². The van der Waals surface area contributed by atoms with Crippen LogP contribution in [0.15, 0.2) is 59.5 Å². The molecule has 0 amide bonds. The molecule has 154 valence electrons. The molecule has 0 saturated carbocycles. The van der Waals surface area contributed by atoms with Gasteiger partial charge in [-0.05, 0) is 44.0 Å². The Morgan fingerprint density at radius 3 is 2.07 bits per heavy atom.